The highest BCUT2D eigenvalue weighted by Crippen LogP contribution is 2.27. The van der Waals surface area contributed by atoms with Crippen LogP contribution in [0.1, 0.15) is 24.8 Å². The van der Waals surface area contributed by atoms with E-state index in [1.165, 1.54) is 5.56 Å². The maximum Gasteiger partial charge on any atom is 0.323 e. The molecule has 1 aliphatic heterocycles. The third-order valence-corrected chi connectivity index (χ3v) is 6.13. The Morgan fingerprint density at radius 1 is 1.03 bits per heavy atom. The molecule has 1 aromatic heterocycles. The van der Waals surface area contributed by atoms with E-state index in [0.717, 1.165) is 55.8 Å². The number of amides is 1. The van der Waals surface area contributed by atoms with Crippen molar-refractivity contribution in [1.82, 2.24) is 14.9 Å². The zero-order valence-corrected chi connectivity index (χ0v) is 18.6. The molecule has 32 heavy (non-hydrogen) atoms. The van der Waals surface area contributed by atoms with Crippen LogP contribution in [-0.2, 0) is 11.2 Å². The van der Waals surface area contributed by atoms with E-state index < -0.39 is 0 Å². The molecule has 1 fully saturated rings. The molecule has 0 aliphatic carbocycles. The SMILES string of the molecule is COc1cc(CCC2CCN(CC(=O)Nc3ccc4[nH]c(=O)[nH]c4c3)CC2)cc(OC)c1. The van der Waals surface area contributed by atoms with Crippen molar-refractivity contribution in [2.24, 2.45) is 5.92 Å². The Labute approximate surface area is 186 Å². The van der Waals surface area contributed by atoms with E-state index in [1.807, 2.05) is 6.07 Å². The van der Waals surface area contributed by atoms with Crippen molar-refractivity contribution < 1.29 is 14.3 Å². The van der Waals surface area contributed by atoms with Crippen LogP contribution in [0.15, 0.2) is 41.2 Å². The minimum atomic E-state index is -0.253. The minimum Gasteiger partial charge on any atom is -0.497 e. The van der Waals surface area contributed by atoms with Crippen LogP contribution in [0.25, 0.3) is 11.0 Å². The Hall–Kier alpha value is -3.26. The summed E-state index contributed by atoms with van der Waals surface area (Å²) >= 11 is 0. The second kappa shape index (κ2) is 9.91. The largest absolute Gasteiger partial charge is 0.497 e. The number of nitrogens with one attached hydrogen (secondary N) is 3. The van der Waals surface area contributed by atoms with Crippen LogP contribution in [0.2, 0.25) is 0 Å². The molecular formula is C24H30N4O4. The number of carbonyl (C=O) groups is 1. The van der Waals surface area contributed by atoms with Crippen molar-refractivity contribution in [1.29, 1.82) is 0 Å². The molecule has 2 heterocycles. The second-order valence-corrected chi connectivity index (χ2v) is 8.37. The van der Waals surface area contributed by atoms with Crippen molar-refractivity contribution in [2.75, 3.05) is 39.2 Å². The van der Waals surface area contributed by atoms with Crippen LogP contribution in [0.4, 0.5) is 5.69 Å². The number of methoxy groups -OCH3 is 2. The number of hydrogen-bond donors (Lipinski definition) is 3. The fraction of sp³-hybridized carbons (Fsp3) is 0.417. The first kappa shape index (κ1) is 22.0. The number of aromatic nitrogens is 2. The molecule has 1 aliphatic rings. The molecule has 2 aromatic carbocycles. The van der Waals surface area contributed by atoms with Gasteiger partial charge in [-0.1, -0.05) is 0 Å². The molecule has 0 unspecified atom stereocenters. The standard InChI is InChI=1S/C24H30N4O4/c1-31-19-11-17(12-20(14-19)32-2)4-3-16-7-9-28(10-8-16)15-23(29)25-18-5-6-21-22(13-18)27-24(30)26-21/h5-6,11-14,16H,3-4,7-10,15H2,1-2H3,(H,25,29)(H2,26,27,30). The fourth-order valence-corrected chi connectivity index (χ4v) is 4.33. The zero-order chi connectivity index (χ0) is 22.5. The summed E-state index contributed by atoms with van der Waals surface area (Å²) in [6.07, 6.45) is 4.28. The first-order valence-electron chi connectivity index (χ1n) is 11.0. The summed E-state index contributed by atoms with van der Waals surface area (Å²) in [7, 11) is 3.34. The first-order chi connectivity index (χ1) is 15.5. The van der Waals surface area contributed by atoms with Gasteiger partial charge in [-0.3, -0.25) is 9.69 Å². The zero-order valence-electron chi connectivity index (χ0n) is 18.6. The van der Waals surface area contributed by atoms with Gasteiger partial charge in [0.1, 0.15) is 11.5 Å². The van der Waals surface area contributed by atoms with Crippen LogP contribution in [0, 0.1) is 5.92 Å². The number of carbonyl (C=O) groups excluding carboxylic acids is 1. The van der Waals surface area contributed by atoms with Crippen LogP contribution < -0.4 is 20.5 Å². The predicted octanol–water partition coefficient (Wildman–Crippen LogP) is 3.16. The highest BCUT2D eigenvalue weighted by Gasteiger charge is 2.21. The summed E-state index contributed by atoms with van der Waals surface area (Å²) in [5, 5.41) is 2.93. The van der Waals surface area contributed by atoms with Gasteiger partial charge in [0.2, 0.25) is 5.91 Å². The second-order valence-electron chi connectivity index (χ2n) is 8.37. The summed E-state index contributed by atoms with van der Waals surface area (Å²) in [5.74, 6) is 2.26. The van der Waals surface area contributed by atoms with Gasteiger partial charge in [0.25, 0.3) is 0 Å². The Bertz CT molecular complexity index is 1110. The maximum atomic E-state index is 12.5. The monoisotopic (exact) mass is 438 g/mol. The third-order valence-electron chi connectivity index (χ3n) is 6.13. The summed E-state index contributed by atoms with van der Waals surface area (Å²) in [4.78, 5) is 31.5. The Kier molecular flexibility index (Phi) is 6.80. The number of anilines is 1. The first-order valence-corrected chi connectivity index (χ1v) is 11.0. The molecule has 1 amide bonds. The number of aromatic amines is 2. The van der Waals surface area contributed by atoms with Gasteiger partial charge in [0.05, 0.1) is 31.8 Å². The Morgan fingerprint density at radius 3 is 2.41 bits per heavy atom. The highest BCUT2D eigenvalue weighted by molar-refractivity contribution is 5.94. The average Bonchev–Trinajstić information content (AvgIpc) is 3.17. The van der Waals surface area contributed by atoms with E-state index in [1.54, 1.807) is 32.4 Å². The van der Waals surface area contributed by atoms with Gasteiger partial charge in [-0.05, 0) is 80.6 Å². The molecule has 8 nitrogen and oxygen atoms in total. The van der Waals surface area contributed by atoms with E-state index in [0.29, 0.717) is 23.7 Å². The summed E-state index contributed by atoms with van der Waals surface area (Å²) in [6.45, 7) is 2.22. The average molecular weight is 439 g/mol. The quantitative estimate of drug-likeness (QED) is 0.502. The number of likely N-dealkylation sites (tertiary alicyclic amines) is 1. The number of rotatable bonds is 8. The van der Waals surface area contributed by atoms with Gasteiger partial charge in [-0.25, -0.2) is 4.79 Å². The van der Waals surface area contributed by atoms with Crippen LogP contribution >= 0.6 is 0 Å². The van der Waals surface area contributed by atoms with E-state index in [4.69, 9.17) is 9.47 Å². The molecule has 0 atom stereocenters. The molecule has 0 spiro atoms. The van der Waals surface area contributed by atoms with Crippen LogP contribution in [0.5, 0.6) is 11.5 Å². The van der Waals surface area contributed by atoms with E-state index in [9.17, 15) is 9.59 Å². The van der Waals surface area contributed by atoms with Gasteiger partial charge >= 0.3 is 5.69 Å². The molecular weight excluding hydrogens is 408 g/mol. The topological polar surface area (TPSA) is 99.5 Å². The van der Waals surface area contributed by atoms with Crippen molar-refractivity contribution >= 4 is 22.6 Å². The number of hydrogen-bond acceptors (Lipinski definition) is 5. The molecule has 3 N–H and O–H groups in total. The smallest absolute Gasteiger partial charge is 0.323 e. The number of benzene rings is 2. The lowest BCUT2D eigenvalue weighted by Crippen LogP contribution is -2.39. The minimum absolute atomic E-state index is 0.0378. The summed E-state index contributed by atoms with van der Waals surface area (Å²) in [5.41, 5.74) is 3.06. The molecule has 0 bridgehead atoms. The Morgan fingerprint density at radius 2 is 1.72 bits per heavy atom. The lowest BCUT2D eigenvalue weighted by atomic mass is 9.90. The van der Waals surface area contributed by atoms with E-state index in [2.05, 4.69) is 32.3 Å². The van der Waals surface area contributed by atoms with Gasteiger partial charge in [-0.2, -0.15) is 0 Å². The summed E-state index contributed by atoms with van der Waals surface area (Å²) < 4.78 is 10.7. The number of ether oxygens (including phenoxy) is 2. The number of aryl methyl sites for hydroxylation is 1. The maximum absolute atomic E-state index is 12.5. The normalized spacial score (nSPS) is 15.1. The van der Waals surface area contributed by atoms with Crippen molar-refractivity contribution in [3.63, 3.8) is 0 Å². The van der Waals surface area contributed by atoms with Crippen molar-refractivity contribution in [2.45, 2.75) is 25.7 Å². The van der Waals surface area contributed by atoms with Gasteiger partial charge in [0, 0.05) is 11.8 Å². The van der Waals surface area contributed by atoms with Gasteiger partial charge < -0.3 is 24.8 Å². The summed E-state index contributed by atoms with van der Waals surface area (Å²) in [6, 6.07) is 11.4. The number of piperidine rings is 1. The third kappa shape index (κ3) is 5.50. The Balaban J connectivity index is 1.23. The fourth-order valence-electron chi connectivity index (χ4n) is 4.33. The molecule has 3 aromatic rings. The van der Waals surface area contributed by atoms with Gasteiger partial charge in [-0.15, -0.1) is 0 Å². The number of H-pyrrole nitrogens is 2. The molecule has 8 heteroatoms. The van der Waals surface area contributed by atoms with E-state index in [-0.39, 0.29) is 11.6 Å². The van der Waals surface area contributed by atoms with Crippen LogP contribution in [0.3, 0.4) is 0 Å². The number of fused-ring (bicyclic) bond motifs is 1. The van der Waals surface area contributed by atoms with Gasteiger partial charge in [0.15, 0.2) is 0 Å². The molecule has 4 rings (SSSR count). The molecule has 1 saturated heterocycles. The van der Waals surface area contributed by atoms with Crippen LogP contribution in [-0.4, -0.2) is 54.6 Å². The number of nitrogens with zero attached hydrogens (tertiary/aromatic N) is 1. The molecule has 0 radical (unpaired) electrons. The molecule has 170 valence electrons. The lowest BCUT2D eigenvalue weighted by molar-refractivity contribution is -0.117. The van der Waals surface area contributed by atoms with Crippen molar-refractivity contribution in [3.05, 3.63) is 52.4 Å². The van der Waals surface area contributed by atoms with Crippen molar-refractivity contribution in [3.8, 4) is 11.5 Å². The number of imidazole rings is 1. The van der Waals surface area contributed by atoms with E-state index >= 15 is 0 Å². The lowest BCUT2D eigenvalue weighted by Gasteiger charge is -2.31. The predicted molar refractivity (Wildman–Crippen MR) is 125 cm³/mol. The molecule has 0 saturated carbocycles. The highest BCUT2D eigenvalue weighted by atomic mass is 16.5.